The Morgan fingerprint density at radius 3 is 2.40 bits per heavy atom. The molecule has 1 aromatic rings. The first kappa shape index (κ1) is 16.2. The van der Waals surface area contributed by atoms with Gasteiger partial charge in [0.25, 0.3) is 0 Å². The molecule has 2 nitrogen and oxygen atoms in total. The number of carbonyl (C=O) groups is 1. The molecule has 0 saturated heterocycles. The van der Waals surface area contributed by atoms with Gasteiger partial charge in [-0.15, -0.1) is 6.58 Å². The van der Waals surface area contributed by atoms with Crippen molar-refractivity contribution in [1.82, 2.24) is 0 Å². The summed E-state index contributed by atoms with van der Waals surface area (Å²) in [6.07, 6.45) is 7.36. The van der Waals surface area contributed by atoms with Crippen LogP contribution >= 0.6 is 0 Å². The number of allylic oxidation sites excluding steroid dienone is 3. The molecule has 1 unspecified atom stereocenters. The van der Waals surface area contributed by atoms with Gasteiger partial charge in [-0.3, -0.25) is 0 Å². The molecule has 0 heterocycles. The van der Waals surface area contributed by atoms with E-state index in [1.54, 1.807) is 7.11 Å². The van der Waals surface area contributed by atoms with E-state index in [0.29, 0.717) is 6.42 Å². The van der Waals surface area contributed by atoms with Crippen molar-refractivity contribution in [3.63, 3.8) is 0 Å². The normalized spacial score (nSPS) is 13.2. The second kappa shape index (κ2) is 7.68. The lowest BCUT2D eigenvalue weighted by Gasteiger charge is -2.29. The van der Waals surface area contributed by atoms with E-state index in [1.807, 2.05) is 30.3 Å². The van der Waals surface area contributed by atoms with Crippen LogP contribution in [0.2, 0.25) is 0 Å². The SMILES string of the molecule is C=CC(CC=O)(CCC=C(C)C)c1ccc(OC)cc1. The largest absolute Gasteiger partial charge is 0.497 e. The Labute approximate surface area is 122 Å². The van der Waals surface area contributed by atoms with Gasteiger partial charge in [0.05, 0.1) is 7.11 Å². The molecule has 0 N–H and O–H groups in total. The number of hydrogen-bond donors (Lipinski definition) is 0. The molecule has 1 rings (SSSR count). The number of benzene rings is 1. The maximum absolute atomic E-state index is 11.1. The highest BCUT2D eigenvalue weighted by molar-refractivity contribution is 5.55. The monoisotopic (exact) mass is 272 g/mol. The Kier molecular flexibility index (Phi) is 6.23. The molecule has 0 aliphatic rings. The van der Waals surface area contributed by atoms with Crippen molar-refractivity contribution in [2.75, 3.05) is 7.11 Å². The minimum atomic E-state index is -0.292. The summed E-state index contributed by atoms with van der Waals surface area (Å²) in [6, 6.07) is 7.90. The fourth-order valence-corrected chi connectivity index (χ4v) is 2.36. The summed E-state index contributed by atoms with van der Waals surface area (Å²) in [7, 11) is 1.65. The number of rotatable bonds is 8. The van der Waals surface area contributed by atoms with Gasteiger partial charge >= 0.3 is 0 Å². The third kappa shape index (κ3) is 4.09. The molecule has 0 bridgehead atoms. The number of methoxy groups -OCH3 is 1. The average molecular weight is 272 g/mol. The van der Waals surface area contributed by atoms with Crippen LogP contribution in [-0.2, 0) is 10.2 Å². The van der Waals surface area contributed by atoms with Gasteiger partial charge in [0.1, 0.15) is 12.0 Å². The summed E-state index contributed by atoms with van der Waals surface area (Å²) in [5.74, 6) is 0.821. The second-order valence-electron chi connectivity index (χ2n) is 5.28. The second-order valence-corrected chi connectivity index (χ2v) is 5.28. The molecular formula is C18H24O2. The molecule has 0 aliphatic carbocycles. The molecule has 1 atom stereocenters. The van der Waals surface area contributed by atoms with Crippen molar-refractivity contribution in [1.29, 1.82) is 0 Å². The molecular weight excluding hydrogens is 248 g/mol. The van der Waals surface area contributed by atoms with E-state index in [2.05, 4.69) is 26.5 Å². The maximum atomic E-state index is 11.1. The van der Waals surface area contributed by atoms with Crippen LogP contribution < -0.4 is 4.74 Å². The molecule has 0 radical (unpaired) electrons. The van der Waals surface area contributed by atoms with Crippen LogP contribution in [0.15, 0.2) is 48.6 Å². The molecule has 0 spiro atoms. The smallest absolute Gasteiger partial charge is 0.121 e. The van der Waals surface area contributed by atoms with Gasteiger partial charge in [-0.2, -0.15) is 0 Å². The zero-order chi connectivity index (χ0) is 15.0. The highest BCUT2D eigenvalue weighted by Crippen LogP contribution is 2.35. The van der Waals surface area contributed by atoms with Gasteiger partial charge < -0.3 is 9.53 Å². The van der Waals surface area contributed by atoms with E-state index >= 15 is 0 Å². The van der Waals surface area contributed by atoms with Crippen molar-refractivity contribution in [2.45, 2.75) is 38.5 Å². The minimum Gasteiger partial charge on any atom is -0.497 e. The topological polar surface area (TPSA) is 26.3 Å². The number of aldehydes is 1. The van der Waals surface area contributed by atoms with Crippen LogP contribution in [0, 0.1) is 0 Å². The third-order valence-corrected chi connectivity index (χ3v) is 3.65. The molecule has 0 aliphatic heterocycles. The Hall–Kier alpha value is -1.83. The average Bonchev–Trinajstić information content (AvgIpc) is 2.46. The first-order valence-electron chi connectivity index (χ1n) is 6.93. The van der Waals surface area contributed by atoms with Crippen molar-refractivity contribution in [3.05, 3.63) is 54.1 Å². The molecule has 0 aromatic heterocycles. The number of ether oxygens (including phenoxy) is 1. The van der Waals surface area contributed by atoms with Crippen LogP contribution in [0.3, 0.4) is 0 Å². The Morgan fingerprint density at radius 2 is 1.95 bits per heavy atom. The maximum Gasteiger partial charge on any atom is 0.121 e. The summed E-state index contributed by atoms with van der Waals surface area (Å²) >= 11 is 0. The lowest BCUT2D eigenvalue weighted by molar-refractivity contribution is -0.108. The van der Waals surface area contributed by atoms with Crippen LogP contribution in [0.25, 0.3) is 0 Å². The van der Waals surface area contributed by atoms with E-state index < -0.39 is 0 Å². The van der Waals surface area contributed by atoms with Gasteiger partial charge in [0.2, 0.25) is 0 Å². The van der Waals surface area contributed by atoms with Gasteiger partial charge in [0.15, 0.2) is 0 Å². The van der Waals surface area contributed by atoms with E-state index in [0.717, 1.165) is 30.4 Å². The molecule has 20 heavy (non-hydrogen) atoms. The van der Waals surface area contributed by atoms with E-state index in [4.69, 9.17) is 4.74 Å². The van der Waals surface area contributed by atoms with Gasteiger partial charge in [-0.25, -0.2) is 0 Å². The number of carbonyl (C=O) groups excluding carboxylic acids is 1. The predicted molar refractivity (Wildman–Crippen MR) is 84.2 cm³/mol. The fourth-order valence-electron chi connectivity index (χ4n) is 2.36. The Balaban J connectivity index is 3.04. The highest BCUT2D eigenvalue weighted by Gasteiger charge is 2.27. The standard InChI is InChI=1S/C18H24O2/c1-5-18(13-14-19,12-6-7-15(2)3)16-8-10-17(20-4)11-9-16/h5,7-11,14H,1,6,12-13H2,2-4H3. The Morgan fingerprint density at radius 1 is 1.30 bits per heavy atom. The van der Waals surface area contributed by atoms with Crippen molar-refractivity contribution in [2.24, 2.45) is 0 Å². The molecule has 0 saturated carbocycles. The van der Waals surface area contributed by atoms with E-state index in [9.17, 15) is 4.79 Å². The first-order valence-corrected chi connectivity index (χ1v) is 6.93. The summed E-state index contributed by atoms with van der Waals surface area (Å²) in [5, 5.41) is 0. The highest BCUT2D eigenvalue weighted by atomic mass is 16.5. The molecule has 0 amide bonds. The lowest BCUT2D eigenvalue weighted by Crippen LogP contribution is -2.23. The van der Waals surface area contributed by atoms with Gasteiger partial charge in [-0.1, -0.05) is 29.9 Å². The molecule has 0 fully saturated rings. The fraction of sp³-hybridized carbons (Fsp3) is 0.389. The van der Waals surface area contributed by atoms with Crippen molar-refractivity contribution >= 4 is 6.29 Å². The zero-order valence-electron chi connectivity index (χ0n) is 12.7. The first-order chi connectivity index (χ1) is 9.57. The Bertz CT molecular complexity index is 467. The summed E-state index contributed by atoms with van der Waals surface area (Å²) in [5.41, 5.74) is 2.12. The quantitative estimate of drug-likeness (QED) is 0.516. The molecule has 108 valence electrons. The predicted octanol–water partition coefficient (Wildman–Crippen LogP) is 4.45. The zero-order valence-corrected chi connectivity index (χ0v) is 12.7. The summed E-state index contributed by atoms with van der Waals surface area (Å²) in [6.45, 7) is 8.13. The molecule has 2 heteroatoms. The number of hydrogen-bond acceptors (Lipinski definition) is 2. The summed E-state index contributed by atoms with van der Waals surface area (Å²) in [4.78, 5) is 11.1. The van der Waals surface area contributed by atoms with Crippen LogP contribution in [0.4, 0.5) is 0 Å². The van der Waals surface area contributed by atoms with Crippen molar-refractivity contribution < 1.29 is 9.53 Å². The van der Waals surface area contributed by atoms with Crippen LogP contribution in [0.1, 0.15) is 38.7 Å². The van der Waals surface area contributed by atoms with E-state index in [-0.39, 0.29) is 5.41 Å². The third-order valence-electron chi connectivity index (χ3n) is 3.65. The molecule has 1 aromatic carbocycles. The summed E-state index contributed by atoms with van der Waals surface area (Å²) < 4.78 is 5.18. The van der Waals surface area contributed by atoms with Crippen molar-refractivity contribution in [3.8, 4) is 5.75 Å². The van der Waals surface area contributed by atoms with Crippen LogP contribution in [0.5, 0.6) is 5.75 Å². The van der Waals surface area contributed by atoms with Gasteiger partial charge in [0, 0.05) is 11.8 Å². The minimum absolute atomic E-state index is 0.292. The van der Waals surface area contributed by atoms with E-state index in [1.165, 1.54) is 5.57 Å². The van der Waals surface area contributed by atoms with Crippen LogP contribution in [-0.4, -0.2) is 13.4 Å². The van der Waals surface area contributed by atoms with Gasteiger partial charge in [-0.05, 0) is 44.4 Å². The lowest BCUT2D eigenvalue weighted by atomic mass is 9.74.